The van der Waals surface area contributed by atoms with E-state index < -0.39 is 23.3 Å². The number of pyridine rings is 1. The van der Waals surface area contributed by atoms with Crippen LogP contribution in [0.4, 0.5) is 35.1 Å². The lowest BCUT2D eigenvalue weighted by Gasteiger charge is -2.14. The molecule has 0 bridgehead atoms. The summed E-state index contributed by atoms with van der Waals surface area (Å²) in [5, 5.41) is 8.95. The molecule has 2 N–H and O–H groups in total. The van der Waals surface area contributed by atoms with Gasteiger partial charge in [-0.05, 0) is 42.2 Å². The monoisotopic (exact) mass is 537 g/mol. The molecule has 4 heterocycles. The normalized spacial score (nSPS) is 14.4. The van der Waals surface area contributed by atoms with Gasteiger partial charge in [-0.1, -0.05) is 23.4 Å². The Hall–Kier alpha value is -4.81. The van der Waals surface area contributed by atoms with E-state index in [1.165, 1.54) is 24.5 Å². The molecule has 0 aliphatic heterocycles. The lowest BCUT2D eigenvalue weighted by molar-refractivity contribution is -0.165. The number of imidazole rings is 1. The van der Waals surface area contributed by atoms with Crippen LogP contribution in [-0.2, 0) is 16.6 Å². The van der Waals surface area contributed by atoms with Gasteiger partial charge >= 0.3 is 6.18 Å². The SMILES string of the molecule is O=C(Cc1ccc(-c2cnc(Nc3cnc4ccccn34)nc2)cc1F)Nc1cc(C2(C(F)(F)F)CC2)on1. The molecule has 5 aromatic rings. The number of nitrogens with zero attached hydrogens (tertiary/aromatic N) is 5. The van der Waals surface area contributed by atoms with Crippen LogP contribution in [0.25, 0.3) is 16.8 Å². The van der Waals surface area contributed by atoms with E-state index in [-0.39, 0.29) is 36.4 Å². The van der Waals surface area contributed by atoms with E-state index in [0.717, 1.165) is 11.7 Å². The van der Waals surface area contributed by atoms with Crippen molar-refractivity contribution >= 4 is 29.1 Å². The predicted octanol–water partition coefficient (Wildman–Crippen LogP) is 5.44. The van der Waals surface area contributed by atoms with E-state index in [1.54, 1.807) is 12.3 Å². The van der Waals surface area contributed by atoms with E-state index in [1.807, 2.05) is 28.8 Å². The van der Waals surface area contributed by atoms with Gasteiger partial charge in [0.25, 0.3) is 0 Å². The molecule has 39 heavy (non-hydrogen) atoms. The Bertz CT molecular complexity index is 1670. The molecule has 0 spiro atoms. The fraction of sp³-hybridized carbons (Fsp3) is 0.192. The third-order valence-electron chi connectivity index (χ3n) is 6.59. The summed E-state index contributed by atoms with van der Waals surface area (Å²) < 4.78 is 61.3. The van der Waals surface area contributed by atoms with Gasteiger partial charge in [0, 0.05) is 30.2 Å². The number of halogens is 4. The second kappa shape index (κ2) is 9.19. The molecule has 4 aromatic heterocycles. The summed E-state index contributed by atoms with van der Waals surface area (Å²) in [6.07, 6.45) is 1.58. The molecule has 6 rings (SSSR count). The van der Waals surface area contributed by atoms with Crippen molar-refractivity contribution in [3.8, 4) is 11.1 Å². The summed E-state index contributed by atoms with van der Waals surface area (Å²) in [4.78, 5) is 25.3. The summed E-state index contributed by atoms with van der Waals surface area (Å²) in [6.45, 7) is 0. The molecule has 1 aromatic carbocycles. The van der Waals surface area contributed by atoms with Crippen molar-refractivity contribution in [2.75, 3.05) is 10.6 Å². The zero-order valence-corrected chi connectivity index (χ0v) is 20.0. The lowest BCUT2D eigenvalue weighted by atomic mass is 10.0. The van der Waals surface area contributed by atoms with E-state index in [4.69, 9.17) is 4.52 Å². The van der Waals surface area contributed by atoms with Crippen molar-refractivity contribution in [3.05, 3.63) is 84.4 Å². The molecule has 1 aliphatic rings. The molecular formula is C26H19F4N7O2. The number of aromatic nitrogens is 5. The molecule has 0 unspecified atom stereocenters. The van der Waals surface area contributed by atoms with Gasteiger partial charge in [0.2, 0.25) is 11.9 Å². The van der Waals surface area contributed by atoms with Crippen LogP contribution >= 0.6 is 0 Å². The summed E-state index contributed by atoms with van der Waals surface area (Å²) in [5.74, 6) is -0.770. The zero-order chi connectivity index (χ0) is 27.2. The maximum Gasteiger partial charge on any atom is 0.401 e. The summed E-state index contributed by atoms with van der Waals surface area (Å²) >= 11 is 0. The molecule has 0 atom stereocenters. The summed E-state index contributed by atoms with van der Waals surface area (Å²) in [5.41, 5.74) is -0.124. The fourth-order valence-corrected chi connectivity index (χ4v) is 4.27. The van der Waals surface area contributed by atoms with Crippen LogP contribution in [0.1, 0.15) is 24.2 Å². The quantitative estimate of drug-likeness (QED) is 0.266. The standard InChI is InChI=1S/C26H19F4N7O2/c27-18-9-15(17-12-32-24(33-13-17)35-22-14-31-21-3-1-2-8-37(21)22)4-5-16(18)10-23(38)34-20-11-19(39-36-20)25(6-7-25)26(28,29)30/h1-5,8-9,11-14H,6-7,10H2,(H,32,33,35)(H,34,36,38). The minimum absolute atomic E-state index is 0.0944. The second-order valence-electron chi connectivity index (χ2n) is 9.18. The molecular weight excluding hydrogens is 518 g/mol. The van der Waals surface area contributed by atoms with E-state index in [0.29, 0.717) is 22.9 Å². The van der Waals surface area contributed by atoms with Gasteiger partial charge in [0.1, 0.15) is 22.7 Å². The Morgan fingerprint density at radius 3 is 2.54 bits per heavy atom. The Labute approximate surface area is 217 Å². The van der Waals surface area contributed by atoms with Crippen molar-refractivity contribution < 1.29 is 26.9 Å². The van der Waals surface area contributed by atoms with Crippen LogP contribution < -0.4 is 10.6 Å². The first kappa shape index (κ1) is 24.5. The van der Waals surface area contributed by atoms with Crippen LogP contribution in [-0.4, -0.2) is 36.6 Å². The zero-order valence-electron chi connectivity index (χ0n) is 20.0. The van der Waals surface area contributed by atoms with Gasteiger partial charge in [-0.25, -0.2) is 19.3 Å². The van der Waals surface area contributed by atoms with Crippen LogP contribution in [0.5, 0.6) is 0 Å². The first-order valence-corrected chi connectivity index (χ1v) is 11.9. The van der Waals surface area contributed by atoms with Gasteiger partial charge in [0.15, 0.2) is 11.6 Å². The lowest BCUT2D eigenvalue weighted by Crippen LogP contribution is -2.28. The molecule has 13 heteroatoms. The van der Waals surface area contributed by atoms with Gasteiger partial charge in [-0.3, -0.25) is 9.20 Å². The van der Waals surface area contributed by atoms with E-state index in [2.05, 4.69) is 30.7 Å². The Kier molecular flexibility index (Phi) is 5.78. The van der Waals surface area contributed by atoms with Gasteiger partial charge in [0.05, 0.1) is 12.6 Å². The summed E-state index contributed by atoms with van der Waals surface area (Å²) in [6, 6.07) is 11.0. The molecule has 0 radical (unpaired) electrons. The summed E-state index contributed by atoms with van der Waals surface area (Å²) in [7, 11) is 0. The molecule has 198 valence electrons. The highest BCUT2D eigenvalue weighted by Crippen LogP contribution is 2.59. The van der Waals surface area contributed by atoms with Crippen LogP contribution in [0.15, 0.2) is 71.8 Å². The number of carbonyl (C=O) groups is 1. The maximum absolute atomic E-state index is 14.8. The third-order valence-corrected chi connectivity index (χ3v) is 6.59. The number of fused-ring (bicyclic) bond motifs is 1. The minimum Gasteiger partial charge on any atom is -0.358 e. The Balaban J connectivity index is 1.10. The van der Waals surface area contributed by atoms with Gasteiger partial charge in [-0.15, -0.1) is 0 Å². The van der Waals surface area contributed by atoms with E-state index in [9.17, 15) is 22.4 Å². The van der Waals surface area contributed by atoms with Crippen LogP contribution in [0.3, 0.4) is 0 Å². The highest BCUT2D eigenvalue weighted by atomic mass is 19.4. The number of nitrogens with one attached hydrogen (secondary N) is 2. The number of rotatable bonds is 7. The number of benzene rings is 1. The smallest absolute Gasteiger partial charge is 0.358 e. The van der Waals surface area contributed by atoms with Gasteiger partial charge < -0.3 is 15.2 Å². The highest BCUT2D eigenvalue weighted by molar-refractivity contribution is 5.91. The fourth-order valence-electron chi connectivity index (χ4n) is 4.27. The predicted molar refractivity (Wildman–Crippen MR) is 132 cm³/mol. The number of hydrogen-bond acceptors (Lipinski definition) is 7. The Morgan fingerprint density at radius 2 is 1.82 bits per heavy atom. The van der Waals surface area contributed by atoms with Crippen LogP contribution in [0, 0.1) is 5.82 Å². The number of carbonyl (C=O) groups excluding carboxylic acids is 1. The third kappa shape index (κ3) is 4.67. The van der Waals surface area contributed by atoms with Crippen LogP contribution in [0.2, 0.25) is 0 Å². The largest absolute Gasteiger partial charge is 0.401 e. The Morgan fingerprint density at radius 1 is 1.03 bits per heavy atom. The number of alkyl halides is 3. The van der Waals surface area contributed by atoms with Crippen molar-refractivity contribution in [2.45, 2.75) is 30.9 Å². The van der Waals surface area contributed by atoms with Crippen molar-refractivity contribution in [1.29, 1.82) is 0 Å². The second-order valence-corrected chi connectivity index (χ2v) is 9.18. The maximum atomic E-state index is 14.8. The number of amides is 1. The first-order valence-electron chi connectivity index (χ1n) is 11.9. The topological polar surface area (TPSA) is 110 Å². The molecule has 1 aliphatic carbocycles. The van der Waals surface area contributed by atoms with Gasteiger partial charge in [-0.2, -0.15) is 13.2 Å². The molecule has 9 nitrogen and oxygen atoms in total. The minimum atomic E-state index is -4.46. The number of hydrogen-bond donors (Lipinski definition) is 2. The first-order chi connectivity index (χ1) is 18.7. The molecule has 1 fully saturated rings. The van der Waals surface area contributed by atoms with Crippen molar-refractivity contribution in [1.82, 2.24) is 24.5 Å². The number of anilines is 3. The highest BCUT2D eigenvalue weighted by Gasteiger charge is 2.66. The van der Waals surface area contributed by atoms with Crippen molar-refractivity contribution in [2.24, 2.45) is 0 Å². The molecule has 1 amide bonds. The average molecular weight is 537 g/mol. The molecule has 1 saturated carbocycles. The average Bonchev–Trinajstić information content (AvgIpc) is 3.46. The van der Waals surface area contributed by atoms with E-state index >= 15 is 0 Å². The van der Waals surface area contributed by atoms with Crippen molar-refractivity contribution in [3.63, 3.8) is 0 Å². The molecule has 0 saturated heterocycles.